The highest BCUT2D eigenvalue weighted by Crippen LogP contribution is 2.20. The lowest BCUT2D eigenvalue weighted by Gasteiger charge is -2.12. The van der Waals surface area contributed by atoms with Gasteiger partial charge >= 0.3 is 0 Å². The third kappa shape index (κ3) is 4.47. The number of amides is 1. The summed E-state index contributed by atoms with van der Waals surface area (Å²) in [5.41, 5.74) is 1.04. The van der Waals surface area contributed by atoms with Crippen LogP contribution in [0.4, 0.5) is 0 Å². The molecule has 1 heterocycles. The topological polar surface area (TPSA) is 59.8 Å². The minimum Gasteiger partial charge on any atom is -0.346 e. The zero-order valence-electron chi connectivity index (χ0n) is 11.9. The fourth-order valence-electron chi connectivity index (χ4n) is 1.90. The van der Waals surface area contributed by atoms with E-state index in [0.717, 1.165) is 16.4 Å². The molecule has 5 nitrogen and oxygen atoms in total. The first kappa shape index (κ1) is 15.9. The monoisotopic (exact) mass is 324 g/mol. The van der Waals surface area contributed by atoms with Gasteiger partial charge in [-0.3, -0.25) is 4.79 Å². The third-order valence-electron chi connectivity index (χ3n) is 2.96. The molecule has 1 aromatic carbocycles. The molecule has 1 N–H and O–H groups in total. The molecule has 2 rings (SSSR count). The number of nitrogens with zero attached hydrogens (tertiary/aromatic N) is 3. The molecule has 2 aromatic rings. The van der Waals surface area contributed by atoms with E-state index in [-0.39, 0.29) is 11.9 Å². The number of carbonyl (C=O) groups excluding carboxylic acids is 1. The Labute approximate surface area is 133 Å². The SMILES string of the molecule is CC(NC(=O)CSCc1ccccc1Cl)c1nncn1C. The lowest BCUT2D eigenvalue weighted by molar-refractivity contribution is -0.119. The highest BCUT2D eigenvalue weighted by Gasteiger charge is 2.14. The summed E-state index contributed by atoms with van der Waals surface area (Å²) in [6, 6.07) is 7.50. The van der Waals surface area contributed by atoms with Crippen LogP contribution in [0.15, 0.2) is 30.6 Å². The third-order valence-corrected chi connectivity index (χ3v) is 4.31. The largest absolute Gasteiger partial charge is 0.346 e. The summed E-state index contributed by atoms with van der Waals surface area (Å²) in [5.74, 6) is 1.81. The van der Waals surface area contributed by atoms with Crippen LogP contribution in [0.3, 0.4) is 0 Å². The zero-order chi connectivity index (χ0) is 15.2. The van der Waals surface area contributed by atoms with Crippen LogP contribution in [-0.2, 0) is 17.6 Å². The molecule has 0 aliphatic rings. The predicted molar refractivity (Wildman–Crippen MR) is 85.2 cm³/mol. The van der Waals surface area contributed by atoms with Crippen molar-refractivity contribution in [2.75, 3.05) is 5.75 Å². The zero-order valence-corrected chi connectivity index (χ0v) is 13.5. The molecule has 1 atom stereocenters. The second-order valence-corrected chi connectivity index (χ2v) is 6.07. The van der Waals surface area contributed by atoms with Gasteiger partial charge in [0.15, 0.2) is 5.82 Å². The van der Waals surface area contributed by atoms with Crippen molar-refractivity contribution in [2.24, 2.45) is 7.05 Å². The Hall–Kier alpha value is -1.53. The maximum atomic E-state index is 11.9. The van der Waals surface area contributed by atoms with Crippen molar-refractivity contribution in [2.45, 2.75) is 18.7 Å². The van der Waals surface area contributed by atoms with Crippen molar-refractivity contribution >= 4 is 29.3 Å². The van der Waals surface area contributed by atoms with E-state index < -0.39 is 0 Å². The van der Waals surface area contributed by atoms with Gasteiger partial charge in [-0.05, 0) is 18.6 Å². The van der Waals surface area contributed by atoms with Crippen LogP contribution in [0.25, 0.3) is 0 Å². The average molecular weight is 325 g/mol. The summed E-state index contributed by atoms with van der Waals surface area (Å²) in [7, 11) is 1.85. The van der Waals surface area contributed by atoms with Gasteiger partial charge in [-0.15, -0.1) is 22.0 Å². The lowest BCUT2D eigenvalue weighted by Crippen LogP contribution is -2.29. The molecule has 0 bridgehead atoms. The summed E-state index contributed by atoms with van der Waals surface area (Å²) in [5, 5.41) is 11.4. The number of rotatable bonds is 6. The summed E-state index contributed by atoms with van der Waals surface area (Å²) >= 11 is 7.61. The molecule has 0 saturated carbocycles. The number of nitrogens with one attached hydrogen (secondary N) is 1. The highest BCUT2D eigenvalue weighted by molar-refractivity contribution is 7.99. The molecule has 7 heteroatoms. The standard InChI is InChI=1S/C14H17ClN4OS/c1-10(14-18-16-9-19(14)2)17-13(20)8-21-7-11-5-3-4-6-12(11)15/h3-6,9-10H,7-8H2,1-2H3,(H,17,20). The molecule has 0 aliphatic heterocycles. The minimum absolute atomic E-state index is 0.0254. The second-order valence-electron chi connectivity index (χ2n) is 4.67. The molecular weight excluding hydrogens is 308 g/mol. The van der Waals surface area contributed by atoms with Crippen LogP contribution in [-0.4, -0.2) is 26.4 Å². The maximum absolute atomic E-state index is 11.9. The quantitative estimate of drug-likeness (QED) is 0.887. The van der Waals surface area contributed by atoms with Gasteiger partial charge in [-0.25, -0.2) is 0 Å². The summed E-state index contributed by atoms with van der Waals surface area (Å²) in [6.07, 6.45) is 1.62. The molecule has 1 unspecified atom stereocenters. The van der Waals surface area contributed by atoms with E-state index >= 15 is 0 Å². The van der Waals surface area contributed by atoms with Crippen LogP contribution in [0.2, 0.25) is 5.02 Å². The first-order chi connectivity index (χ1) is 10.1. The summed E-state index contributed by atoms with van der Waals surface area (Å²) in [6.45, 7) is 1.89. The fourth-order valence-corrected chi connectivity index (χ4v) is 3.03. The Bertz CT molecular complexity index is 617. The van der Waals surface area contributed by atoms with Gasteiger partial charge in [0, 0.05) is 17.8 Å². The van der Waals surface area contributed by atoms with E-state index in [2.05, 4.69) is 15.5 Å². The molecular formula is C14H17ClN4OS. The van der Waals surface area contributed by atoms with Gasteiger partial charge in [0.1, 0.15) is 6.33 Å². The van der Waals surface area contributed by atoms with E-state index in [1.807, 2.05) is 38.2 Å². The van der Waals surface area contributed by atoms with Crippen LogP contribution < -0.4 is 5.32 Å². The Morgan fingerprint density at radius 2 is 2.24 bits per heavy atom. The van der Waals surface area contributed by atoms with Crippen LogP contribution in [0.1, 0.15) is 24.4 Å². The number of carbonyl (C=O) groups is 1. The van der Waals surface area contributed by atoms with E-state index in [1.54, 1.807) is 10.9 Å². The number of hydrogen-bond donors (Lipinski definition) is 1. The van der Waals surface area contributed by atoms with E-state index in [1.165, 1.54) is 11.8 Å². The van der Waals surface area contributed by atoms with Crippen molar-refractivity contribution in [3.63, 3.8) is 0 Å². The molecule has 0 fully saturated rings. The Kier molecular flexibility index (Phi) is 5.64. The molecule has 21 heavy (non-hydrogen) atoms. The molecule has 0 spiro atoms. The normalized spacial score (nSPS) is 12.1. The first-order valence-corrected chi connectivity index (χ1v) is 8.05. The average Bonchev–Trinajstić information content (AvgIpc) is 2.87. The number of hydrogen-bond acceptors (Lipinski definition) is 4. The second kappa shape index (κ2) is 7.47. The number of thioether (sulfide) groups is 1. The van der Waals surface area contributed by atoms with Crippen LogP contribution in [0, 0.1) is 0 Å². The number of aromatic nitrogens is 3. The van der Waals surface area contributed by atoms with Crippen molar-refractivity contribution < 1.29 is 4.79 Å². The van der Waals surface area contributed by atoms with Crippen LogP contribution >= 0.6 is 23.4 Å². The Morgan fingerprint density at radius 3 is 2.90 bits per heavy atom. The molecule has 0 radical (unpaired) electrons. The molecule has 0 saturated heterocycles. The van der Waals surface area contributed by atoms with Gasteiger partial charge in [-0.1, -0.05) is 29.8 Å². The summed E-state index contributed by atoms with van der Waals surface area (Å²) < 4.78 is 1.79. The molecule has 0 aliphatic carbocycles. The predicted octanol–water partition coefficient (Wildman–Crippen LogP) is 2.58. The van der Waals surface area contributed by atoms with Gasteiger partial charge < -0.3 is 9.88 Å². The molecule has 1 amide bonds. The van der Waals surface area contributed by atoms with Crippen molar-refractivity contribution in [1.82, 2.24) is 20.1 Å². The highest BCUT2D eigenvalue weighted by atomic mass is 35.5. The van der Waals surface area contributed by atoms with Crippen molar-refractivity contribution in [3.8, 4) is 0 Å². The van der Waals surface area contributed by atoms with Gasteiger partial charge in [0.2, 0.25) is 5.91 Å². The molecule has 1 aromatic heterocycles. The number of benzene rings is 1. The number of halogens is 1. The lowest BCUT2D eigenvalue weighted by atomic mass is 10.2. The van der Waals surface area contributed by atoms with E-state index in [9.17, 15) is 4.79 Å². The minimum atomic E-state index is -0.161. The van der Waals surface area contributed by atoms with Gasteiger partial charge in [0.05, 0.1) is 11.8 Å². The smallest absolute Gasteiger partial charge is 0.230 e. The van der Waals surface area contributed by atoms with Gasteiger partial charge in [-0.2, -0.15) is 0 Å². The summed E-state index contributed by atoms with van der Waals surface area (Å²) in [4.78, 5) is 11.9. The Balaban J connectivity index is 1.78. The first-order valence-electron chi connectivity index (χ1n) is 6.52. The van der Waals surface area contributed by atoms with Gasteiger partial charge in [0.25, 0.3) is 0 Å². The Morgan fingerprint density at radius 1 is 1.48 bits per heavy atom. The maximum Gasteiger partial charge on any atom is 0.230 e. The van der Waals surface area contributed by atoms with E-state index in [0.29, 0.717) is 11.5 Å². The fraction of sp³-hybridized carbons (Fsp3) is 0.357. The van der Waals surface area contributed by atoms with Crippen LogP contribution in [0.5, 0.6) is 0 Å². The van der Waals surface area contributed by atoms with Crippen molar-refractivity contribution in [3.05, 3.63) is 47.0 Å². The molecule has 112 valence electrons. The number of aryl methyl sites for hydroxylation is 1. The van der Waals surface area contributed by atoms with Crippen molar-refractivity contribution in [1.29, 1.82) is 0 Å². The van der Waals surface area contributed by atoms with E-state index in [4.69, 9.17) is 11.6 Å².